The van der Waals surface area contributed by atoms with E-state index < -0.39 is 5.60 Å². The lowest BCUT2D eigenvalue weighted by Gasteiger charge is -2.43. The number of hydrogen-bond acceptors (Lipinski definition) is 4. The zero-order valence-electron chi connectivity index (χ0n) is 19.8. The highest BCUT2D eigenvalue weighted by atomic mass is 79.9. The van der Waals surface area contributed by atoms with Crippen molar-refractivity contribution >= 4 is 27.9 Å². The minimum atomic E-state index is -0.517. The number of nitrogens with one attached hydrogen (secondary N) is 1. The third-order valence-corrected chi connectivity index (χ3v) is 7.15. The number of benzene rings is 2. The summed E-state index contributed by atoms with van der Waals surface area (Å²) in [6, 6.07) is 19.2. The van der Waals surface area contributed by atoms with E-state index in [2.05, 4.69) is 87.0 Å². The summed E-state index contributed by atoms with van der Waals surface area (Å²) in [6.07, 6.45) is 8.77. The molecule has 5 rings (SSSR count). The summed E-state index contributed by atoms with van der Waals surface area (Å²) >= 11 is 3.62. The first-order valence-corrected chi connectivity index (χ1v) is 12.6. The summed E-state index contributed by atoms with van der Waals surface area (Å²) in [5.41, 5.74) is 2.63. The van der Waals surface area contributed by atoms with Crippen molar-refractivity contribution < 1.29 is 9.53 Å². The minimum Gasteiger partial charge on any atom is -0.444 e. The number of amides is 1. The summed E-state index contributed by atoms with van der Waals surface area (Å²) < 4.78 is 6.56. The van der Waals surface area contributed by atoms with E-state index in [0.717, 1.165) is 40.7 Å². The molecule has 3 aliphatic rings. The molecule has 0 spiro atoms. The maximum Gasteiger partial charge on any atom is 0.408 e. The molecule has 2 aromatic carbocycles. The van der Waals surface area contributed by atoms with E-state index in [1.807, 2.05) is 32.9 Å². The summed E-state index contributed by atoms with van der Waals surface area (Å²) in [5, 5.41) is 3.15. The number of aliphatic imine (C=N–C) groups is 1. The lowest BCUT2D eigenvalue weighted by atomic mass is 9.71. The molecule has 1 aliphatic carbocycles. The highest BCUT2D eigenvalue weighted by Crippen LogP contribution is 2.46. The largest absolute Gasteiger partial charge is 0.444 e. The predicted molar refractivity (Wildman–Crippen MR) is 139 cm³/mol. The molecular formula is C28H30BrN3O2. The number of ether oxygens (including phenoxy) is 1. The topological polar surface area (TPSA) is 53.9 Å². The van der Waals surface area contributed by atoms with Crippen molar-refractivity contribution in [2.45, 2.75) is 63.3 Å². The maximum atomic E-state index is 12.5. The second-order valence-electron chi connectivity index (χ2n) is 10.2. The average molecular weight is 520 g/mol. The Balaban J connectivity index is 1.42. The number of alkyl carbamates (subject to hydrolysis) is 1. The maximum absolute atomic E-state index is 12.5. The lowest BCUT2D eigenvalue weighted by molar-refractivity contribution is 0.0377. The van der Waals surface area contributed by atoms with Crippen LogP contribution in [0.3, 0.4) is 0 Å². The highest BCUT2D eigenvalue weighted by molar-refractivity contribution is 9.11. The zero-order valence-corrected chi connectivity index (χ0v) is 21.4. The molecule has 1 fully saturated rings. The van der Waals surface area contributed by atoms with Gasteiger partial charge in [0.15, 0.2) is 0 Å². The van der Waals surface area contributed by atoms with Gasteiger partial charge in [-0.25, -0.2) is 4.79 Å². The van der Waals surface area contributed by atoms with Crippen molar-refractivity contribution in [3.05, 3.63) is 94.1 Å². The average Bonchev–Trinajstić information content (AvgIpc) is 3.14. The van der Waals surface area contributed by atoms with Crippen LogP contribution in [0, 0.1) is 0 Å². The van der Waals surface area contributed by atoms with Gasteiger partial charge in [0.05, 0.1) is 11.6 Å². The molecule has 0 radical (unpaired) electrons. The summed E-state index contributed by atoms with van der Waals surface area (Å²) in [6.45, 7) is 5.66. The Kier molecular flexibility index (Phi) is 5.88. The van der Waals surface area contributed by atoms with Gasteiger partial charge in [-0.2, -0.15) is 0 Å². The molecule has 0 bridgehead atoms. The van der Waals surface area contributed by atoms with Gasteiger partial charge >= 0.3 is 6.09 Å². The van der Waals surface area contributed by atoms with Crippen molar-refractivity contribution in [2.24, 2.45) is 4.99 Å². The SMILES string of the molecule is CC(C)(C)OC(=O)NC1(c2ccc(C3N=C4C=CC(Br)=CN4C3c3ccccc3)cc2)CCC1. The molecule has 5 nitrogen and oxygen atoms in total. The molecule has 1 amide bonds. The van der Waals surface area contributed by atoms with Crippen LogP contribution in [0.4, 0.5) is 4.79 Å². The van der Waals surface area contributed by atoms with Crippen molar-refractivity contribution in [1.82, 2.24) is 10.2 Å². The van der Waals surface area contributed by atoms with Crippen molar-refractivity contribution in [3.63, 3.8) is 0 Å². The van der Waals surface area contributed by atoms with E-state index in [-0.39, 0.29) is 23.7 Å². The third kappa shape index (κ3) is 4.43. The summed E-state index contributed by atoms with van der Waals surface area (Å²) in [5.74, 6) is 0.966. The first kappa shape index (κ1) is 22.9. The van der Waals surface area contributed by atoms with Gasteiger partial charge in [0.2, 0.25) is 0 Å². The Bertz CT molecular complexity index is 1160. The van der Waals surface area contributed by atoms with Gasteiger partial charge in [-0.05, 0) is 84.8 Å². The van der Waals surface area contributed by atoms with Crippen LogP contribution >= 0.6 is 15.9 Å². The van der Waals surface area contributed by atoms with E-state index in [1.165, 1.54) is 5.56 Å². The normalized spacial score (nSPS) is 22.9. The van der Waals surface area contributed by atoms with E-state index >= 15 is 0 Å². The van der Waals surface area contributed by atoms with Gasteiger partial charge in [0, 0.05) is 10.7 Å². The van der Waals surface area contributed by atoms with Crippen LogP contribution in [0.5, 0.6) is 0 Å². The molecule has 2 aliphatic heterocycles. The number of carbonyl (C=O) groups is 1. The number of hydrogen-bond donors (Lipinski definition) is 1. The van der Waals surface area contributed by atoms with Crippen LogP contribution in [0.25, 0.3) is 0 Å². The number of fused-ring (bicyclic) bond motifs is 1. The molecule has 0 aromatic heterocycles. The van der Waals surface area contributed by atoms with Gasteiger partial charge in [-0.1, -0.05) is 54.6 Å². The predicted octanol–water partition coefficient (Wildman–Crippen LogP) is 6.89. The molecule has 2 unspecified atom stereocenters. The molecule has 2 atom stereocenters. The van der Waals surface area contributed by atoms with Crippen LogP contribution in [0.15, 0.2) is 82.4 Å². The van der Waals surface area contributed by atoms with Gasteiger partial charge in [-0.3, -0.25) is 4.99 Å². The van der Waals surface area contributed by atoms with E-state index in [9.17, 15) is 4.79 Å². The molecular weight excluding hydrogens is 490 g/mol. The highest BCUT2D eigenvalue weighted by Gasteiger charge is 2.42. The number of rotatable bonds is 4. The Morgan fingerprint density at radius 3 is 2.38 bits per heavy atom. The number of halogens is 1. The van der Waals surface area contributed by atoms with Crippen LogP contribution in [-0.2, 0) is 10.3 Å². The van der Waals surface area contributed by atoms with Crippen LogP contribution in [0.2, 0.25) is 0 Å². The fraction of sp³-hybridized carbons (Fsp3) is 0.357. The molecule has 6 heteroatoms. The number of amidine groups is 1. The van der Waals surface area contributed by atoms with Gasteiger partial charge in [0.25, 0.3) is 0 Å². The van der Waals surface area contributed by atoms with E-state index in [0.29, 0.717) is 0 Å². The Labute approximate surface area is 209 Å². The second kappa shape index (κ2) is 8.73. The minimum absolute atomic E-state index is 0.0260. The third-order valence-electron chi connectivity index (χ3n) is 6.68. The van der Waals surface area contributed by atoms with E-state index in [4.69, 9.17) is 9.73 Å². The summed E-state index contributed by atoms with van der Waals surface area (Å²) in [4.78, 5) is 19.8. The first-order chi connectivity index (χ1) is 16.2. The van der Waals surface area contributed by atoms with Crippen molar-refractivity contribution in [3.8, 4) is 0 Å². The van der Waals surface area contributed by atoms with Gasteiger partial charge in [0.1, 0.15) is 17.5 Å². The number of nitrogens with zero attached hydrogens (tertiary/aromatic N) is 2. The Morgan fingerprint density at radius 2 is 1.76 bits per heavy atom. The molecule has 1 saturated carbocycles. The zero-order chi connectivity index (χ0) is 23.9. The second-order valence-corrected chi connectivity index (χ2v) is 11.1. The monoisotopic (exact) mass is 519 g/mol. The van der Waals surface area contributed by atoms with Gasteiger partial charge < -0.3 is 15.0 Å². The van der Waals surface area contributed by atoms with Crippen LogP contribution in [-0.4, -0.2) is 22.4 Å². The number of carbonyl (C=O) groups excluding carboxylic acids is 1. The number of allylic oxidation sites excluding steroid dienone is 2. The molecule has 0 saturated heterocycles. The van der Waals surface area contributed by atoms with Crippen molar-refractivity contribution in [1.29, 1.82) is 0 Å². The van der Waals surface area contributed by atoms with Crippen molar-refractivity contribution in [2.75, 3.05) is 0 Å². The quantitative estimate of drug-likeness (QED) is 0.478. The molecule has 176 valence electrons. The fourth-order valence-corrected chi connectivity index (χ4v) is 5.30. The first-order valence-electron chi connectivity index (χ1n) is 11.8. The smallest absolute Gasteiger partial charge is 0.408 e. The fourth-order valence-electron chi connectivity index (χ4n) is 4.94. The van der Waals surface area contributed by atoms with Crippen LogP contribution < -0.4 is 5.32 Å². The van der Waals surface area contributed by atoms with Crippen LogP contribution in [0.1, 0.15) is 68.8 Å². The van der Waals surface area contributed by atoms with Gasteiger partial charge in [-0.15, -0.1) is 0 Å². The summed E-state index contributed by atoms with van der Waals surface area (Å²) in [7, 11) is 0. The Hall–Kier alpha value is -2.86. The van der Waals surface area contributed by atoms with E-state index in [1.54, 1.807) is 0 Å². The standard InChI is InChI=1S/C28H30BrN3O2/c1-27(2,3)34-26(33)31-28(16-7-17-28)21-12-10-19(11-13-21)24-25(20-8-5-4-6-9-20)32-18-22(29)14-15-23(32)30-24/h4-6,8-15,18,24-25H,7,16-17H2,1-3H3,(H,31,33). The molecule has 34 heavy (non-hydrogen) atoms. The Morgan fingerprint density at radius 1 is 1.06 bits per heavy atom. The lowest BCUT2D eigenvalue weighted by Crippen LogP contribution is -2.52. The molecule has 2 aromatic rings. The molecule has 2 heterocycles. The molecule has 1 N–H and O–H groups in total.